The van der Waals surface area contributed by atoms with Gasteiger partial charge >= 0.3 is 12.1 Å². The van der Waals surface area contributed by atoms with Crippen LogP contribution in [0.4, 0.5) is 13.2 Å². The molecule has 3 heterocycles. The molecule has 0 saturated carbocycles. The van der Waals surface area contributed by atoms with Crippen LogP contribution in [0, 0.1) is 6.92 Å². The van der Waals surface area contributed by atoms with Gasteiger partial charge in [0.15, 0.2) is 0 Å². The second kappa shape index (κ2) is 12.2. The molecular weight excluding hydrogens is 583 g/mol. The normalized spacial score (nSPS) is 12.0. The van der Waals surface area contributed by atoms with E-state index in [-0.39, 0.29) is 24.8 Å². The Balaban J connectivity index is 1.51. The van der Waals surface area contributed by atoms with Crippen LogP contribution in [-0.2, 0) is 35.9 Å². The van der Waals surface area contributed by atoms with E-state index in [9.17, 15) is 27.9 Å². The van der Waals surface area contributed by atoms with E-state index in [0.29, 0.717) is 34.0 Å². The molecule has 10 heteroatoms. The smallest absolute Gasteiger partial charge is 0.449 e. The van der Waals surface area contributed by atoms with E-state index in [1.807, 2.05) is 56.3 Å². The summed E-state index contributed by atoms with van der Waals surface area (Å²) >= 11 is 0. The molecule has 0 saturated heterocycles. The van der Waals surface area contributed by atoms with Crippen LogP contribution in [0.2, 0.25) is 0 Å². The molecule has 1 N–H and O–H groups in total. The molecule has 0 unspecified atom stereocenters. The first-order valence-electron chi connectivity index (χ1n) is 14.4. The number of aromatic nitrogens is 2. The number of aryl methyl sites for hydroxylation is 1. The molecule has 0 bridgehead atoms. The van der Waals surface area contributed by atoms with Gasteiger partial charge in [-0.25, -0.2) is 0 Å². The molecule has 5 rings (SSSR count). The lowest BCUT2D eigenvalue weighted by Crippen LogP contribution is -2.31. The summed E-state index contributed by atoms with van der Waals surface area (Å²) in [6.07, 6.45) is -0.899. The second-order valence-corrected chi connectivity index (χ2v) is 11.4. The van der Waals surface area contributed by atoms with Gasteiger partial charge in [0.25, 0.3) is 5.91 Å². The van der Waals surface area contributed by atoms with Gasteiger partial charge < -0.3 is 14.4 Å². The Bertz CT molecular complexity index is 1880. The van der Waals surface area contributed by atoms with Crippen molar-refractivity contribution in [3.8, 4) is 11.1 Å². The molecule has 7 nitrogen and oxygen atoms in total. The van der Waals surface area contributed by atoms with Gasteiger partial charge in [-0.05, 0) is 73.2 Å². The minimum Gasteiger partial charge on any atom is -0.481 e. The first kappa shape index (κ1) is 31.4. The Kier molecular flexibility index (Phi) is 8.51. The highest BCUT2D eigenvalue weighted by molar-refractivity contribution is 6.07. The number of carboxylic acids is 1. The summed E-state index contributed by atoms with van der Waals surface area (Å²) in [6.45, 7) is 6.93. The molecule has 0 fully saturated rings. The second-order valence-electron chi connectivity index (χ2n) is 11.4. The number of rotatable bonds is 9. The van der Waals surface area contributed by atoms with Gasteiger partial charge in [0.2, 0.25) is 5.76 Å². The molecule has 45 heavy (non-hydrogen) atoms. The Morgan fingerprint density at radius 2 is 1.69 bits per heavy atom. The van der Waals surface area contributed by atoms with Crippen molar-refractivity contribution in [1.82, 2.24) is 14.9 Å². The van der Waals surface area contributed by atoms with Crippen molar-refractivity contribution in [3.63, 3.8) is 0 Å². The van der Waals surface area contributed by atoms with Crippen LogP contribution >= 0.6 is 0 Å². The Labute approximate surface area is 258 Å². The highest BCUT2D eigenvalue weighted by atomic mass is 19.4. The van der Waals surface area contributed by atoms with E-state index in [4.69, 9.17) is 4.42 Å². The number of hydrogen-bond donors (Lipinski definition) is 1. The monoisotopic (exact) mass is 615 g/mol. The maximum Gasteiger partial charge on any atom is 0.449 e. The van der Waals surface area contributed by atoms with Crippen LogP contribution < -0.4 is 0 Å². The van der Waals surface area contributed by atoms with E-state index in [1.54, 1.807) is 38.4 Å². The van der Waals surface area contributed by atoms with Crippen molar-refractivity contribution in [2.45, 2.75) is 58.8 Å². The number of alkyl halides is 3. The summed E-state index contributed by atoms with van der Waals surface area (Å²) < 4.78 is 45.0. The zero-order chi connectivity index (χ0) is 32.5. The third-order valence-corrected chi connectivity index (χ3v) is 8.03. The fraction of sp³-hybridized carbons (Fsp3) is 0.257. The minimum absolute atomic E-state index is 0.00462. The number of carbonyl (C=O) groups excluding carboxylic acids is 1. The highest BCUT2D eigenvalue weighted by Crippen LogP contribution is 2.33. The number of fused-ring (bicyclic) bond motifs is 1. The molecule has 0 aliphatic rings. The first-order valence-corrected chi connectivity index (χ1v) is 14.4. The number of pyridine rings is 2. The van der Waals surface area contributed by atoms with E-state index < -0.39 is 23.3 Å². The van der Waals surface area contributed by atoms with Crippen LogP contribution in [0.1, 0.15) is 65.0 Å². The molecule has 0 radical (unpaired) electrons. The molecule has 1 amide bonds. The number of carbonyl (C=O) groups is 2. The summed E-state index contributed by atoms with van der Waals surface area (Å²) in [5.41, 5.74) is 4.41. The van der Waals surface area contributed by atoms with Crippen LogP contribution in [0.3, 0.4) is 0 Å². The summed E-state index contributed by atoms with van der Waals surface area (Å²) in [4.78, 5) is 36.4. The fourth-order valence-electron chi connectivity index (χ4n) is 5.27. The van der Waals surface area contributed by atoms with Crippen molar-refractivity contribution >= 4 is 22.8 Å². The predicted molar refractivity (Wildman–Crippen MR) is 163 cm³/mol. The van der Waals surface area contributed by atoms with E-state index in [1.165, 1.54) is 11.0 Å². The van der Waals surface area contributed by atoms with Gasteiger partial charge in [-0.2, -0.15) is 13.2 Å². The summed E-state index contributed by atoms with van der Waals surface area (Å²) in [6, 6.07) is 18.5. The lowest BCUT2D eigenvalue weighted by Gasteiger charge is -2.24. The summed E-state index contributed by atoms with van der Waals surface area (Å²) in [7, 11) is 0. The van der Waals surface area contributed by atoms with Crippen LogP contribution in [-0.4, -0.2) is 31.9 Å². The quantitative estimate of drug-likeness (QED) is 0.181. The maximum absolute atomic E-state index is 14.3. The third kappa shape index (κ3) is 6.45. The molecule has 0 aliphatic carbocycles. The number of furan rings is 1. The number of benzene rings is 2. The fourth-order valence-corrected chi connectivity index (χ4v) is 5.27. The van der Waals surface area contributed by atoms with E-state index >= 15 is 0 Å². The average Bonchev–Trinajstić information content (AvgIpc) is 3.50. The van der Waals surface area contributed by atoms with Crippen LogP contribution in [0.25, 0.3) is 22.0 Å². The molecule has 0 atom stereocenters. The van der Waals surface area contributed by atoms with Gasteiger partial charge in [0.05, 0.1) is 23.0 Å². The molecule has 3 aromatic heterocycles. The van der Waals surface area contributed by atoms with Crippen molar-refractivity contribution in [1.29, 1.82) is 0 Å². The van der Waals surface area contributed by atoms with E-state index in [2.05, 4.69) is 9.97 Å². The van der Waals surface area contributed by atoms with E-state index in [0.717, 1.165) is 28.5 Å². The largest absolute Gasteiger partial charge is 0.481 e. The molecule has 232 valence electrons. The van der Waals surface area contributed by atoms with Gasteiger partial charge in [-0.15, -0.1) is 0 Å². The molecule has 2 aromatic carbocycles. The third-order valence-electron chi connectivity index (χ3n) is 8.03. The lowest BCUT2D eigenvalue weighted by molar-refractivity contribution is -0.153. The average molecular weight is 616 g/mol. The number of nitrogens with zero attached hydrogens (tertiary/aromatic N) is 3. The number of aliphatic carboxylic acids is 1. The van der Waals surface area contributed by atoms with Crippen molar-refractivity contribution < 1.29 is 32.3 Å². The van der Waals surface area contributed by atoms with Gasteiger partial charge in [0.1, 0.15) is 5.76 Å². The standard InChI is InChI=1S/C35H32F3N3O4/c1-5-28-21(2)31(27-18-39-16-15-29(27)40-28)32(42)41(20-26-13-14-30(45-26)35(36,37)38)19-22-9-11-23(12-10-22)24-7-6-8-25(17-24)34(3,4)33(43)44/h6-18H,5,19-20H2,1-4H3,(H,43,44). The van der Waals surface area contributed by atoms with Crippen LogP contribution in [0.5, 0.6) is 0 Å². The zero-order valence-electron chi connectivity index (χ0n) is 25.3. The summed E-state index contributed by atoms with van der Waals surface area (Å²) in [5.74, 6) is -2.46. The number of carboxylic acid groups (broad SMARTS) is 1. The summed E-state index contributed by atoms with van der Waals surface area (Å²) in [5, 5.41) is 10.2. The van der Waals surface area contributed by atoms with Crippen molar-refractivity contribution in [2.75, 3.05) is 0 Å². The first-order chi connectivity index (χ1) is 21.3. The molecule has 0 spiro atoms. The zero-order valence-corrected chi connectivity index (χ0v) is 25.3. The van der Waals surface area contributed by atoms with Crippen molar-refractivity contribution in [2.24, 2.45) is 0 Å². The van der Waals surface area contributed by atoms with Gasteiger partial charge in [-0.1, -0.05) is 55.5 Å². The van der Waals surface area contributed by atoms with Crippen LogP contribution in [0.15, 0.2) is 83.5 Å². The lowest BCUT2D eigenvalue weighted by atomic mass is 9.83. The topological polar surface area (TPSA) is 96.5 Å². The van der Waals surface area contributed by atoms with Crippen molar-refractivity contribution in [3.05, 3.63) is 119 Å². The number of halogens is 3. The Morgan fingerprint density at radius 1 is 0.956 bits per heavy atom. The Hall–Kier alpha value is -4.99. The highest BCUT2D eigenvalue weighted by Gasteiger charge is 2.35. The number of amides is 1. The minimum atomic E-state index is -4.65. The Morgan fingerprint density at radius 3 is 2.33 bits per heavy atom. The van der Waals surface area contributed by atoms with Gasteiger partial charge in [0, 0.05) is 30.0 Å². The maximum atomic E-state index is 14.3. The molecule has 0 aliphatic heterocycles. The molecular formula is C35H32F3N3O4. The molecule has 5 aromatic rings. The predicted octanol–water partition coefficient (Wildman–Crippen LogP) is 7.98. The SMILES string of the molecule is CCc1nc2ccncc2c(C(=O)N(Cc2ccc(-c3cccc(C(C)(C)C(=O)O)c3)cc2)Cc2ccc(C(F)(F)F)o2)c1C. The van der Waals surface area contributed by atoms with Gasteiger partial charge in [-0.3, -0.25) is 19.6 Å². The number of hydrogen-bond acceptors (Lipinski definition) is 5.